The van der Waals surface area contributed by atoms with Gasteiger partial charge in [-0.1, -0.05) is 42.5 Å². The zero-order chi connectivity index (χ0) is 16.5. The number of aromatic amines is 1. The fourth-order valence-corrected chi connectivity index (χ4v) is 3.21. The van der Waals surface area contributed by atoms with E-state index in [-0.39, 0.29) is 0 Å². The first-order chi connectivity index (χ1) is 11.8. The highest BCUT2D eigenvalue weighted by atomic mass is 79.9. The molecule has 2 heterocycles. The molecule has 4 rings (SSSR count). The Hall–Kier alpha value is -2.90. The fraction of sp³-hybridized carbons (Fsp3) is 0. The van der Waals surface area contributed by atoms with Gasteiger partial charge >= 0.3 is 0 Å². The van der Waals surface area contributed by atoms with E-state index in [1.165, 1.54) is 0 Å². The third-order valence-corrected chi connectivity index (χ3v) is 4.42. The van der Waals surface area contributed by atoms with Crippen molar-refractivity contribution in [2.24, 2.45) is 0 Å². The van der Waals surface area contributed by atoms with Gasteiger partial charge < -0.3 is 4.98 Å². The molecule has 2 aromatic carbocycles. The van der Waals surface area contributed by atoms with Gasteiger partial charge in [0.1, 0.15) is 5.65 Å². The molecule has 0 unspecified atom stereocenters. The molecule has 0 saturated heterocycles. The van der Waals surface area contributed by atoms with Crippen LogP contribution in [0.3, 0.4) is 0 Å². The standard InChI is InChI=1S/C20H12BrN3/c21-16-10-17-18(14-8-6-13(11-22)7-9-14)19(24-20(17)23-12-16)15-4-2-1-3-5-15/h1-10,12H,(H,23,24). The van der Waals surface area contributed by atoms with Crippen LogP contribution in [0.25, 0.3) is 33.4 Å². The number of halogens is 1. The molecule has 0 aliphatic rings. The van der Waals surface area contributed by atoms with Gasteiger partial charge in [0.05, 0.1) is 17.3 Å². The largest absolute Gasteiger partial charge is 0.339 e. The van der Waals surface area contributed by atoms with Crippen LogP contribution in [0.1, 0.15) is 5.56 Å². The van der Waals surface area contributed by atoms with E-state index < -0.39 is 0 Å². The second-order valence-electron chi connectivity index (χ2n) is 5.48. The molecule has 1 N–H and O–H groups in total. The first kappa shape index (κ1) is 14.7. The Kier molecular flexibility index (Phi) is 3.64. The maximum absolute atomic E-state index is 9.03. The van der Waals surface area contributed by atoms with Crippen molar-refractivity contribution >= 4 is 27.0 Å². The molecule has 0 bridgehead atoms. The predicted octanol–water partition coefficient (Wildman–Crippen LogP) is 5.53. The second-order valence-corrected chi connectivity index (χ2v) is 6.40. The molecule has 2 aromatic heterocycles. The van der Waals surface area contributed by atoms with Crippen molar-refractivity contribution in [3.8, 4) is 28.5 Å². The Morgan fingerprint density at radius 3 is 2.42 bits per heavy atom. The van der Waals surface area contributed by atoms with E-state index in [9.17, 15) is 0 Å². The first-order valence-corrected chi connectivity index (χ1v) is 8.29. The van der Waals surface area contributed by atoms with E-state index >= 15 is 0 Å². The Bertz CT molecular complexity index is 1060. The highest BCUT2D eigenvalue weighted by Gasteiger charge is 2.16. The number of hydrogen-bond donors (Lipinski definition) is 1. The van der Waals surface area contributed by atoms with Crippen molar-refractivity contribution in [3.63, 3.8) is 0 Å². The van der Waals surface area contributed by atoms with Gasteiger partial charge in [-0.15, -0.1) is 0 Å². The lowest BCUT2D eigenvalue weighted by Crippen LogP contribution is -1.83. The minimum Gasteiger partial charge on any atom is -0.339 e. The number of nitrogens with one attached hydrogen (secondary N) is 1. The van der Waals surface area contributed by atoms with E-state index in [0.717, 1.165) is 37.9 Å². The molecule has 0 aliphatic heterocycles. The first-order valence-electron chi connectivity index (χ1n) is 7.49. The lowest BCUT2D eigenvalue weighted by Gasteiger charge is -2.06. The lowest BCUT2D eigenvalue weighted by molar-refractivity contribution is 1.31. The predicted molar refractivity (Wildman–Crippen MR) is 99.4 cm³/mol. The van der Waals surface area contributed by atoms with Gasteiger partial charge in [0, 0.05) is 21.6 Å². The molecule has 114 valence electrons. The molecule has 0 saturated carbocycles. The van der Waals surface area contributed by atoms with Crippen LogP contribution in [0.4, 0.5) is 0 Å². The number of fused-ring (bicyclic) bond motifs is 1. The quantitative estimate of drug-likeness (QED) is 0.502. The van der Waals surface area contributed by atoms with Crippen LogP contribution in [0.15, 0.2) is 71.3 Å². The molecule has 24 heavy (non-hydrogen) atoms. The summed E-state index contributed by atoms with van der Waals surface area (Å²) in [4.78, 5) is 7.93. The van der Waals surface area contributed by atoms with E-state index in [1.807, 2.05) is 42.5 Å². The zero-order valence-corrected chi connectivity index (χ0v) is 14.2. The van der Waals surface area contributed by atoms with Crippen molar-refractivity contribution < 1.29 is 0 Å². The van der Waals surface area contributed by atoms with Gasteiger partial charge in [0.25, 0.3) is 0 Å². The summed E-state index contributed by atoms with van der Waals surface area (Å²) in [6.45, 7) is 0. The maximum atomic E-state index is 9.03. The van der Waals surface area contributed by atoms with Gasteiger partial charge in [-0.2, -0.15) is 5.26 Å². The molecule has 0 radical (unpaired) electrons. The summed E-state index contributed by atoms with van der Waals surface area (Å²) in [5.41, 5.74) is 5.77. The smallest absolute Gasteiger partial charge is 0.138 e. The molecule has 0 fully saturated rings. The Balaban J connectivity index is 2.03. The molecular weight excluding hydrogens is 362 g/mol. The number of nitriles is 1. The van der Waals surface area contributed by atoms with Crippen molar-refractivity contribution in [3.05, 3.63) is 76.9 Å². The lowest BCUT2D eigenvalue weighted by atomic mass is 9.98. The number of aromatic nitrogens is 2. The Labute approximate surface area is 147 Å². The summed E-state index contributed by atoms with van der Waals surface area (Å²) in [5.74, 6) is 0. The van der Waals surface area contributed by atoms with Crippen LogP contribution in [0.2, 0.25) is 0 Å². The van der Waals surface area contributed by atoms with Crippen LogP contribution in [-0.4, -0.2) is 9.97 Å². The highest BCUT2D eigenvalue weighted by molar-refractivity contribution is 9.10. The van der Waals surface area contributed by atoms with Crippen LogP contribution in [0, 0.1) is 11.3 Å². The van der Waals surface area contributed by atoms with Crippen LogP contribution in [-0.2, 0) is 0 Å². The third-order valence-electron chi connectivity index (χ3n) is 3.98. The van der Waals surface area contributed by atoms with E-state index in [0.29, 0.717) is 5.56 Å². The molecule has 0 aliphatic carbocycles. The van der Waals surface area contributed by atoms with Crippen LogP contribution in [0.5, 0.6) is 0 Å². The molecule has 0 spiro atoms. The molecule has 3 nitrogen and oxygen atoms in total. The van der Waals surface area contributed by atoms with E-state index in [1.54, 1.807) is 6.20 Å². The van der Waals surface area contributed by atoms with Gasteiger partial charge in [0.15, 0.2) is 0 Å². The van der Waals surface area contributed by atoms with Crippen molar-refractivity contribution in [1.82, 2.24) is 9.97 Å². The summed E-state index contributed by atoms with van der Waals surface area (Å²) in [5, 5.41) is 10.1. The van der Waals surface area contributed by atoms with Crippen LogP contribution < -0.4 is 0 Å². The van der Waals surface area contributed by atoms with Gasteiger partial charge in [-0.3, -0.25) is 0 Å². The number of benzene rings is 2. The minimum atomic E-state index is 0.652. The van der Waals surface area contributed by atoms with Crippen molar-refractivity contribution in [1.29, 1.82) is 5.26 Å². The van der Waals surface area contributed by atoms with Crippen molar-refractivity contribution in [2.75, 3.05) is 0 Å². The Morgan fingerprint density at radius 1 is 0.958 bits per heavy atom. The second kappa shape index (κ2) is 5.95. The monoisotopic (exact) mass is 373 g/mol. The van der Waals surface area contributed by atoms with E-state index in [4.69, 9.17) is 5.26 Å². The zero-order valence-electron chi connectivity index (χ0n) is 12.6. The third kappa shape index (κ3) is 2.49. The summed E-state index contributed by atoms with van der Waals surface area (Å²) >= 11 is 3.51. The molecule has 4 aromatic rings. The molecule has 0 atom stereocenters. The maximum Gasteiger partial charge on any atom is 0.138 e. The normalized spacial score (nSPS) is 10.7. The number of H-pyrrole nitrogens is 1. The number of rotatable bonds is 2. The number of hydrogen-bond acceptors (Lipinski definition) is 2. The Morgan fingerprint density at radius 2 is 1.71 bits per heavy atom. The van der Waals surface area contributed by atoms with Gasteiger partial charge in [0.2, 0.25) is 0 Å². The number of nitrogens with zero attached hydrogens (tertiary/aromatic N) is 2. The minimum absolute atomic E-state index is 0.652. The highest BCUT2D eigenvalue weighted by Crippen LogP contribution is 2.38. The van der Waals surface area contributed by atoms with Gasteiger partial charge in [-0.05, 0) is 45.3 Å². The number of pyridine rings is 1. The van der Waals surface area contributed by atoms with Crippen molar-refractivity contribution in [2.45, 2.75) is 0 Å². The average molecular weight is 374 g/mol. The topological polar surface area (TPSA) is 52.5 Å². The SMILES string of the molecule is N#Cc1ccc(-c2c(-c3ccccc3)[nH]c3ncc(Br)cc23)cc1. The summed E-state index contributed by atoms with van der Waals surface area (Å²) in [6, 6.07) is 22.1. The average Bonchev–Trinajstić information content (AvgIpc) is 3.01. The fourth-order valence-electron chi connectivity index (χ4n) is 2.88. The van der Waals surface area contributed by atoms with Crippen LogP contribution >= 0.6 is 15.9 Å². The molecule has 0 amide bonds. The molecular formula is C20H12BrN3. The summed E-state index contributed by atoms with van der Waals surface area (Å²) in [6.07, 6.45) is 1.79. The van der Waals surface area contributed by atoms with Gasteiger partial charge in [-0.25, -0.2) is 4.98 Å². The molecule has 4 heteroatoms. The summed E-state index contributed by atoms with van der Waals surface area (Å²) in [7, 11) is 0. The summed E-state index contributed by atoms with van der Waals surface area (Å²) < 4.78 is 0.934. The van der Waals surface area contributed by atoms with E-state index in [2.05, 4.69) is 50.2 Å².